The first kappa shape index (κ1) is 28.7. The van der Waals surface area contributed by atoms with Gasteiger partial charge in [0, 0.05) is 32.2 Å². The molecule has 2 heterocycles. The molecule has 182 valence electrons. The number of benzene rings is 3. The third-order valence-electron chi connectivity index (χ3n) is 5.18. The summed E-state index contributed by atoms with van der Waals surface area (Å²) < 4.78 is 39.6. The predicted octanol–water partition coefficient (Wildman–Crippen LogP) is 4.35. The molecule has 0 aliphatic carbocycles. The maximum atomic E-state index is 12.9. The van der Waals surface area contributed by atoms with Crippen molar-refractivity contribution in [2.75, 3.05) is 6.79 Å². The van der Waals surface area contributed by atoms with Crippen LogP contribution in [-0.4, -0.2) is 20.2 Å². The van der Waals surface area contributed by atoms with Gasteiger partial charge >= 0.3 is 51.4 Å². The number of halogens is 2. The summed E-state index contributed by atoms with van der Waals surface area (Å²) in [5, 5.41) is 12.3. The number of ether oxygens (including phenoxy) is 2. The van der Waals surface area contributed by atoms with Gasteiger partial charge in [-0.15, -0.1) is 23.1 Å². The van der Waals surface area contributed by atoms with Crippen LogP contribution in [0, 0.1) is 11.5 Å². The van der Waals surface area contributed by atoms with Crippen LogP contribution in [0.3, 0.4) is 0 Å². The molecule has 4 aromatic rings. The molecule has 5 rings (SSSR count). The summed E-state index contributed by atoms with van der Waals surface area (Å²) in [6.07, 6.45) is 1.38. The quantitative estimate of drug-likeness (QED) is 0.173. The van der Waals surface area contributed by atoms with E-state index in [0.717, 1.165) is 11.1 Å². The molecular formula is C24H14Cl2KN3O4S3. The topological polar surface area (TPSA) is 103 Å². The Morgan fingerprint density at radius 1 is 1.08 bits per heavy atom. The molecule has 7 nitrogen and oxygen atoms in total. The van der Waals surface area contributed by atoms with Crippen molar-refractivity contribution >= 4 is 56.3 Å². The van der Waals surface area contributed by atoms with Gasteiger partial charge in [0.15, 0.2) is 11.5 Å². The summed E-state index contributed by atoms with van der Waals surface area (Å²) >= 11 is 15.2. The predicted molar refractivity (Wildman–Crippen MR) is 141 cm³/mol. The Labute approximate surface area is 274 Å². The molecule has 13 heteroatoms. The van der Waals surface area contributed by atoms with E-state index in [0.29, 0.717) is 48.5 Å². The van der Waals surface area contributed by atoms with E-state index in [1.165, 1.54) is 35.4 Å². The second-order valence-corrected chi connectivity index (χ2v) is 11.8. The normalized spacial score (nSPS) is 12.0. The number of thiazole rings is 1. The van der Waals surface area contributed by atoms with E-state index >= 15 is 0 Å². The van der Waals surface area contributed by atoms with E-state index in [-0.39, 0.29) is 63.1 Å². The van der Waals surface area contributed by atoms with Crippen molar-refractivity contribution in [3.05, 3.63) is 80.3 Å². The van der Waals surface area contributed by atoms with E-state index in [4.69, 9.17) is 37.9 Å². The fourth-order valence-corrected chi connectivity index (χ4v) is 7.00. The third-order valence-corrected chi connectivity index (χ3v) is 9.09. The summed E-state index contributed by atoms with van der Waals surface area (Å²) in [6.45, 7) is 0.164. The van der Waals surface area contributed by atoms with Gasteiger partial charge in [-0.1, -0.05) is 47.6 Å². The Balaban J connectivity index is 0.00000320. The van der Waals surface area contributed by atoms with E-state index < -0.39 is 10.0 Å². The zero-order valence-corrected chi connectivity index (χ0v) is 26.2. The smallest absolute Gasteiger partial charge is 0.493 e. The van der Waals surface area contributed by atoms with Gasteiger partial charge in [-0.25, -0.2) is 13.4 Å². The van der Waals surface area contributed by atoms with Crippen LogP contribution >= 0.6 is 46.3 Å². The van der Waals surface area contributed by atoms with Crippen molar-refractivity contribution in [2.24, 2.45) is 0 Å². The number of hydrogen-bond acceptors (Lipinski definition) is 8. The van der Waals surface area contributed by atoms with Gasteiger partial charge in [-0.2, -0.15) is 0 Å². The molecule has 0 atom stereocenters. The molecule has 37 heavy (non-hydrogen) atoms. The van der Waals surface area contributed by atoms with E-state index in [1.807, 2.05) is 29.6 Å². The maximum absolute atomic E-state index is 12.9. The largest absolute Gasteiger partial charge is 1.00 e. The average Bonchev–Trinajstić information content (AvgIpc) is 3.52. The molecule has 0 radical (unpaired) electrons. The summed E-state index contributed by atoms with van der Waals surface area (Å²) in [5.74, 6) is 1.72. The molecule has 3 aromatic carbocycles. The van der Waals surface area contributed by atoms with Crippen LogP contribution in [0.1, 0.15) is 5.56 Å². The van der Waals surface area contributed by atoms with Gasteiger partial charge < -0.3 is 19.5 Å². The summed E-state index contributed by atoms with van der Waals surface area (Å²) in [5.41, 5.74) is 2.90. The first-order chi connectivity index (χ1) is 17.3. The average molecular weight is 615 g/mol. The van der Waals surface area contributed by atoms with Crippen molar-refractivity contribution in [1.29, 1.82) is 5.26 Å². The van der Waals surface area contributed by atoms with E-state index in [9.17, 15) is 8.42 Å². The third kappa shape index (κ3) is 6.47. The van der Waals surface area contributed by atoms with Gasteiger partial charge in [0.05, 0.1) is 15.6 Å². The molecule has 1 aromatic heterocycles. The molecule has 1 aliphatic heterocycles. The van der Waals surface area contributed by atoms with Crippen molar-refractivity contribution in [3.63, 3.8) is 0 Å². The molecule has 0 N–H and O–H groups in total. The fourth-order valence-electron chi connectivity index (χ4n) is 3.46. The number of aromatic nitrogens is 1. The van der Waals surface area contributed by atoms with Crippen molar-refractivity contribution in [1.82, 2.24) is 4.98 Å². The Morgan fingerprint density at radius 3 is 2.59 bits per heavy atom. The number of thioether (sulfide) groups is 1. The number of hydrogen-bond donors (Lipinski definition) is 0. The minimum Gasteiger partial charge on any atom is -0.493 e. The molecule has 0 saturated carbocycles. The van der Waals surface area contributed by atoms with Crippen LogP contribution in [0.2, 0.25) is 10.0 Å². The first-order valence-electron chi connectivity index (χ1n) is 10.3. The molecule has 1 aliphatic rings. The standard InChI is InChI=1S/C24H14Cl2N3O4S3.K/c25-16-4-2-15(3-5-16)19-11-35-24(29-19)17-8-23(36(30,31)28-12-27)22(9-18(17)26)34-10-14-1-6-20-21(7-14)33-13-32-20;/h1-9,11H,10,13H2;/q-1;+1. The van der Waals surface area contributed by atoms with Gasteiger partial charge in [-0.3, -0.25) is 0 Å². The molecule has 0 fully saturated rings. The van der Waals surface area contributed by atoms with Gasteiger partial charge in [0.1, 0.15) is 5.01 Å². The van der Waals surface area contributed by atoms with E-state index in [2.05, 4.69) is 9.71 Å². The number of nitrogens with zero attached hydrogens (tertiary/aromatic N) is 3. The van der Waals surface area contributed by atoms with Crippen LogP contribution < -0.4 is 60.9 Å². The summed E-state index contributed by atoms with van der Waals surface area (Å²) in [6, 6.07) is 15.7. The molecule has 0 unspecified atom stereocenters. The zero-order valence-electron chi connectivity index (χ0n) is 19.1. The van der Waals surface area contributed by atoms with Crippen LogP contribution in [-0.2, 0) is 15.8 Å². The minimum atomic E-state index is -4.25. The Morgan fingerprint density at radius 2 is 1.84 bits per heavy atom. The molecule has 0 saturated heterocycles. The Bertz CT molecular complexity index is 1610. The molecule has 0 bridgehead atoms. The van der Waals surface area contributed by atoms with Crippen molar-refractivity contribution in [2.45, 2.75) is 15.5 Å². The van der Waals surface area contributed by atoms with Crippen LogP contribution in [0.25, 0.3) is 26.6 Å². The number of nitriles is 1. The van der Waals surface area contributed by atoms with Crippen LogP contribution in [0.5, 0.6) is 11.5 Å². The van der Waals surface area contributed by atoms with Gasteiger partial charge in [0.2, 0.25) is 16.8 Å². The van der Waals surface area contributed by atoms with Crippen molar-refractivity contribution < 1.29 is 69.3 Å². The second kappa shape index (κ2) is 12.3. The Kier molecular flexibility index (Phi) is 9.51. The SMILES string of the molecule is N#C[N-]S(=O)(=O)c1cc(-c2nc(-c3ccc(Cl)cc3)cs2)c(Cl)cc1SCc1ccc2c(c1)OCO2.[K+]. The van der Waals surface area contributed by atoms with Gasteiger partial charge in [0.25, 0.3) is 0 Å². The van der Waals surface area contributed by atoms with Gasteiger partial charge in [-0.05, 0) is 42.0 Å². The molecule has 0 spiro atoms. The van der Waals surface area contributed by atoms with E-state index in [1.54, 1.807) is 24.3 Å². The molecule has 0 amide bonds. The fraction of sp³-hybridized carbons (Fsp3) is 0.0833. The second-order valence-electron chi connectivity index (χ2n) is 7.47. The number of fused-ring (bicyclic) bond motifs is 1. The molecular weight excluding hydrogens is 600 g/mol. The van der Waals surface area contributed by atoms with Crippen LogP contribution in [0.15, 0.2) is 69.8 Å². The zero-order chi connectivity index (χ0) is 25.3. The summed E-state index contributed by atoms with van der Waals surface area (Å²) in [7, 11) is -4.25. The number of rotatable bonds is 7. The first-order valence-corrected chi connectivity index (χ1v) is 14.3. The van der Waals surface area contributed by atoms with Crippen molar-refractivity contribution in [3.8, 4) is 39.5 Å². The monoisotopic (exact) mass is 613 g/mol. The summed E-state index contributed by atoms with van der Waals surface area (Å²) in [4.78, 5) is 4.89. The maximum Gasteiger partial charge on any atom is 1.00 e. The number of sulfonamides is 1. The minimum absolute atomic E-state index is 0. The Hall–Kier alpha value is -1.30. The van der Waals surface area contributed by atoms with Crippen LogP contribution in [0.4, 0.5) is 0 Å².